The van der Waals surface area contributed by atoms with E-state index in [4.69, 9.17) is 21.1 Å². The quantitative estimate of drug-likeness (QED) is 0.847. The molecule has 0 aliphatic carbocycles. The Morgan fingerprint density at radius 1 is 1.18 bits per heavy atom. The summed E-state index contributed by atoms with van der Waals surface area (Å²) in [4.78, 5) is 15.1. The molecule has 2 aliphatic heterocycles. The highest BCUT2D eigenvalue weighted by Crippen LogP contribution is 2.38. The Kier molecular flexibility index (Phi) is 5.74. The Labute approximate surface area is 170 Å². The van der Waals surface area contributed by atoms with Crippen molar-refractivity contribution < 1.29 is 14.3 Å². The molecule has 0 bridgehead atoms. The molecule has 5 nitrogen and oxygen atoms in total. The number of rotatable bonds is 4. The lowest BCUT2D eigenvalue weighted by Crippen LogP contribution is -2.44. The molecule has 6 heteroatoms. The van der Waals surface area contributed by atoms with Crippen molar-refractivity contribution in [2.45, 2.75) is 32.4 Å². The lowest BCUT2D eigenvalue weighted by molar-refractivity contribution is 0.0907. The zero-order valence-corrected chi connectivity index (χ0v) is 16.8. The molecule has 4 rings (SSSR count). The number of likely N-dealkylation sites (tertiary alicyclic amines) is 1. The van der Waals surface area contributed by atoms with Crippen LogP contribution < -0.4 is 14.8 Å². The molecule has 1 N–H and O–H groups in total. The minimum Gasteiger partial charge on any atom is -0.486 e. The van der Waals surface area contributed by atoms with Crippen LogP contribution >= 0.6 is 11.6 Å². The van der Waals surface area contributed by atoms with Crippen molar-refractivity contribution in [1.82, 2.24) is 10.2 Å². The number of nitrogens with one attached hydrogen (secondary N) is 1. The van der Waals surface area contributed by atoms with Gasteiger partial charge in [-0.2, -0.15) is 0 Å². The van der Waals surface area contributed by atoms with Crippen LogP contribution in [0.3, 0.4) is 0 Å². The Balaban J connectivity index is 1.33. The molecule has 2 aromatic rings. The third kappa shape index (κ3) is 4.26. The monoisotopic (exact) mass is 400 g/mol. The van der Waals surface area contributed by atoms with Crippen LogP contribution in [0, 0.1) is 6.92 Å². The summed E-state index contributed by atoms with van der Waals surface area (Å²) in [7, 11) is 0. The molecule has 0 aromatic heterocycles. The van der Waals surface area contributed by atoms with Crippen molar-refractivity contribution in [1.29, 1.82) is 0 Å². The van der Waals surface area contributed by atoms with Gasteiger partial charge in [0.2, 0.25) is 0 Å². The third-order valence-electron chi connectivity index (χ3n) is 5.44. The molecule has 148 valence electrons. The van der Waals surface area contributed by atoms with Crippen molar-refractivity contribution in [3.05, 3.63) is 58.1 Å². The van der Waals surface area contributed by atoms with Gasteiger partial charge in [-0.15, -0.1) is 0 Å². The van der Waals surface area contributed by atoms with E-state index in [1.165, 1.54) is 11.1 Å². The predicted octanol–water partition coefficient (Wildman–Crippen LogP) is 3.81. The number of hydrogen-bond acceptors (Lipinski definition) is 4. The molecule has 0 saturated carbocycles. The van der Waals surface area contributed by atoms with Crippen LogP contribution in [-0.2, 0) is 6.54 Å². The fourth-order valence-electron chi connectivity index (χ4n) is 3.77. The summed E-state index contributed by atoms with van der Waals surface area (Å²) in [6.45, 7) is 6.00. The lowest BCUT2D eigenvalue weighted by atomic mass is 10.0. The van der Waals surface area contributed by atoms with Crippen LogP contribution in [-0.4, -0.2) is 43.2 Å². The lowest BCUT2D eigenvalue weighted by Gasteiger charge is -2.32. The molecule has 0 radical (unpaired) electrons. The Bertz CT molecular complexity index is 863. The number of benzene rings is 2. The van der Waals surface area contributed by atoms with Crippen molar-refractivity contribution in [2.75, 3.05) is 26.3 Å². The summed E-state index contributed by atoms with van der Waals surface area (Å²) in [6.07, 6.45) is 1.88. The maximum absolute atomic E-state index is 12.7. The molecule has 1 fully saturated rings. The van der Waals surface area contributed by atoms with E-state index in [-0.39, 0.29) is 11.9 Å². The number of aryl methyl sites for hydroxylation is 1. The van der Waals surface area contributed by atoms with E-state index in [1.807, 2.05) is 0 Å². The first-order valence-corrected chi connectivity index (χ1v) is 10.1. The number of halogens is 1. The van der Waals surface area contributed by atoms with Gasteiger partial charge in [-0.1, -0.05) is 35.9 Å². The van der Waals surface area contributed by atoms with E-state index >= 15 is 0 Å². The van der Waals surface area contributed by atoms with Crippen LogP contribution in [0.2, 0.25) is 5.02 Å². The first-order chi connectivity index (χ1) is 13.6. The summed E-state index contributed by atoms with van der Waals surface area (Å²) >= 11 is 6.25. The maximum atomic E-state index is 12.7. The number of nitrogens with zero attached hydrogens (tertiary/aromatic N) is 1. The molecule has 2 heterocycles. The second-order valence-electron chi connectivity index (χ2n) is 7.43. The summed E-state index contributed by atoms with van der Waals surface area (Å²) in [6, 6.07) is 12.0. The van der Waals surface area contributed by atoms with Crippen molar-refractivity contribution in [3.8, 4) is 11.5 Å². The molecular weight excluding hydrogens is 376 g/mol. The van der Waals surface area contributed by atoms with Crippen molar-refractivity contribution >= 4 is 17.5 Å². The van der Waals surface area contributed by atoms with Gasteiger partial charge in [-0.05, 0) is 43.0 Å². The van der Waals surface area contributed by atoms with E-state index in [2.05, 4.69) is 41.4 Å². The van der Waals surface area contributed by atoms with Crippen LogP contribution in [0.15, 0.2) is 36.4 Å². The molecule has 1 amide bonds. The Hall–Kier alpha value is -2.24. The second kappa shape index (κ2) is 8.41. The van der Waals surface area contributed by atoms with E-state index in [0.717, 1.165) is 32.5 Å². The summed E-state index contributed by atoms with van der Waals surface area (Å²) in [5.74, 6) is 0.946. The highest BCUT2D eigenvalue weighted by molar-refractivity contribution is 6.32. The van der Waals surface area contributed by atoms with Gasteiger partial charge in [0, 0.05) is 31.2 Å². The Morgan fingerprint density at radius 2 is 1.93 bits per heavy atom. The summed E-state index contributed by atoms with van der Waals surface area (Å²) in [5, 5.41) is 3.56. The zero-order valence-electron chi connectivity index (χ0n) is 16.0. The van der Waals surface area contributed by atoms with Gasteiger partial charge in [0.15, 0.2) is 11.5 Å². The number of carbonyl (C=O) groups is 1. The molecule has 0 unspecified atom stereocenters. The number of carbonyl (C=O) groups excluding carboxylic acids is 1. The third-order valence-corrected chi connectivity index (χ3v) is 5.72. The van der Waals surface area contributed by atoms with E-state index in [1.54, 1.807) is 12.1 Å². The largest absolute Gasteiger partial charge is 0.486 e. The van der Waals surface area contributed by atoms with Crippen LogP contribution in [0.5, 0.6) is 11.5 Å². The number of amides is 1. The minimum absolute atomic E-state index is 0.115. The molecule has 28 heavy (non-hydrogen) atoms. The normalized spacial score (nSPS) is 17.4. The van der Waals surface area contributed by atoms with Gasteiger partial charge < -0.3 is 14.8 Å². The van der Waals surface area contributed by atoms with Crippen LogP contribution in [0.4, 0.5) is 0 Å². The first-order valence-electron chi connectivity index (χ1n) is 9.77. The van der Waals surface area contributed by atoms with Gasteiger partial charge in [0.1, 0.15) is 13.2 Å². The molecule has 0 spiro atoms. The standard InChI is InChI=1S/C22H25ClN2O3/c1-15-4-2-3-5-16(15)14-25-8-6-18(7-9-25)24-22(26)17-12-19(23)21-20(13-17)27-10-11-28-21/h2-5,12-13,18H,6-11,14H2,1H3,(H,24,26). The average molecular weight is 401 g/mol. The average Bonchev–Trinajstić information content (AvgIpc) is 2.71. The van der Waals surface area contributed by atoms with E-state index < -0.39 is 0 Å². The zero-order chi connectivity index (χ0) is 19.5. The van der Waals surface area contributed by atoms with Gasteiger partial charge in [-0.3, -0.25) is 9.69 Å². The number of hydrogen-bond donors (Lipinski definition) is 1. The summed E-state index contributed by atoms with van der Waals surface area (Å²) < 4.78 is 11.1. The highest BCUT2D eigenvalue weighted by Gasteiger charge is 2.24. The molecule has 0 atom stereocenters. The molecule has 2 aliphatic rings. The van der Waals surface area contributed by atoms with Gasteiger partial charge >= 0.3 is 0 Å². The number of piperidine rings is 1. The van der Waals surface area contributed by atoms with E-state index in [9.17, 15) is 4.79 Å². The molecular formula is C22H25ClN2O3. The van der Waals surface area contributed by atoms with Gasteiger partial charge in [-0.25, -0.2) is 0 Å². The van der Waals surface area contributed by atoms with Gasteiger partial charge in [0.25, 0.3) is 5.91 Å². The predicted molar refractivity (Wildman–Crippen MR) is 109 cm³/mol. The highest BCUT2D eigenvalue weighted by atomic mass is 35.5. The molecule has 1 saturated heterocycles. The minimum atomic E-state index is -0.115. The second-order valence-corrected chi connectivity index (χ2v) is 7.84. The van der Waals surface area contributed by atoms with E-state index in [0.29, 0.717) is 35.3 Å². The first kappa shape index (κ1) is 19.1. The van der Waals surface area contributed by atoms with Gasteiger partial charge in [0.05, 0.1) is 5.02 Å². The number of fused-ring (bicyclic) bond motifs is 1. The number of ether oxygens (including phenoxy) is 2. The SMILES string of the molecule is Cc1ccccc1CN1CCC(NC(=O)c2cc(Cl)c3c(c2)OCCO3)CC1. The van der Waals surface area contributed by atoms with Crippen molar-refractivity contribution in [2.24, 2.45) is 0 Å². The maximum Gasteiger partial charge on any atom is 0.251 e. The smallest absolute Gasteiger partial charge is 0.251 e. The fraction of sp³-hybridized carbons (Fsp3) is 0.409. The van der Waals surface area contributed by atoms with Crippen molar-refractivity contribution in [3.63, 3.8) is 0 Å². The summed E-state index contributed by atoms with van der Waals surface area (Å²) in [5.41, 5.74) is 3.21. The topological polar surface area (TPSA) is 50.8 Å². The Morgan fingerprint density at radius 3 is 2.71 bits per heavy atom. The van der Waals surface area contributed by atoms with Crippen LogP contribution in [0.1, 0.15) is 34.3 Å². The molecule has 2 aromatic carbocycles. The fourth-order valence-corrected chi connectivity index (χ4v) is 4.04. The van der Waals surface area contributed by atoms with Crippen LogP contribution in [0.25, 0.3) is 0 Å².